The largest absolute Gasteiger partial charge is 0.487 e. The van der Waals surface area contributed by atoms with Crippen molar-refractivity contribution in [3.05, 3.63) is 24.0 Å². The minimum Gasteiger partial charge on any atom is -0.487 e. The second-order valence-corrected chi connectivity index (χ2v) is 4.16. The van der Waals surface area contributed by atoms with E-state index < -0.39 is 5.92 Å². The molecule has 0 saturated heterocycles. The summed E-state index contributed by atoms with van der Waals surface area (Å²) in [5.74, 6) is -2.18. The first kappa shape index (κ1) is 11.8. The number of alkyl halides is 2. The molecule has 0 N–H and O–H groups in total. The van der Waals surface area contributed by atoms with Gasteiger partial charge in [-0.3, -0.25) is 4.98 Å². The second kappa shape index (κ2) is 4.66. The van der Waals surface area contributed by atoms with Gasteiger partial charge in [0.25, 0.3) is 0 Å². The highest BCUT2D eigenvalue weighted by atomic mass is 19.3. The van der Waals surface area contributed by atoms with E-state index in [9.17, 15) is 8.78 Å². The number of rotatable bonds is 2. The van der Waals surface area contributed by atoms with E-state index in [0.717, 1.165) is 0 Å². The van der Waals surface area contributed by atoms with E-state index in [-0.39, 0.29) is 18.9 Å². The lowest BCUT2D eigenvalue weighted by molar-refractivity contribution is -0.0583. The van der Waals surface area contributed by atoms with Crippen molar-refractivity contribution in [3.63, 3.8) is 0 Å². The average Bonchev–Trinajstić information content (AvgIpc) is 2.32. The van der Waals surface area contributed by atoms with Crippen LogP contribution in [0.15, 0.2) is 18.5 Å². The Labute approximate surface area is 98.0 Å². The maximum Gasteiger partial charge on any atom is 0.248 e. The fraction of sp³-hybridized carbons (Fsp3) is 0.500. The minimum absolute atomic E-state index is 0.153. The van der Waals surface area contributed by atoms with Crippen LogP contribution in [0.25, 0.3) is 0 Å². The van der Waals surface area contributed by atoms with Crippen LogP contribution < -0.4 is 4.74 Å². The monoisotopic (exact) mass is 238 g/mol. The normalized spacial score (nSPS) is 19.6. The molecule has 0 atom stereocenters. The van der Waals surface area contributed by atoms with Gasteiger partial charge in [-0.25, -0.2) is 8.78 Å². The van der Waals surface area contributed by atoms with Gasteiger partial charge in [-0.05, 0) is 18.9 Å². The fourth-order valence-electron chi connectivity index (χ4n) is 1.88. The van der Waals surface area contributed by atoms with Crippen molar-refractivity contribution >= 4 is 0 Å². The zero-order chi connectivity index (χ0) is 12.3. The summed E-state index contributed by atoms with van der Waals surface area (Å²) in [5.41, 5.74) is 0.386. The molecular formula is C12H12F2N2O. The van der Waals surface area contributed by atoms with Gasteiger partial charge in [0.1, 0.15) is 6.07 Å². The van der Waals surface area contributed by atoms with Gasteiger partial charge >= 0.3 is 0 Å². The zero-order valence-corrected chi connectivity index (χ0v) is 9.20. The number of nitriles is 1. The number of hydrogen-bond acceptors (Lipinski definition) is 3. The number of hydrogen-bond donors (Lipinski definition) is 0. The molecule has 1 aromatic heterocycles. The van der Waals surface area contributed by atoms with Gasteiger partial charge in [0.05, 0.1) is 17.9 Å². The molecule has 3 nitrogen and oxygen atoms in total. The van der Waals surface area contributed by atoms with E-state index in [1.165, 1.54) is 12.4 Å². The van der Waals surface area contributed by atoms with Crippen molar-refractivity contribution < 1.29 is 13.5 Å². The lowest BCUT2D eigenvalue weighted by Gasteiger charge is -2.28. The van der Waals surface area contributed by atoms with Crippen LogP contribution in [0.3, 0.4) is 0 Å². The van der Waals surface area contributed by atoms with Gasteiger partial charge in [-0.2, -0.15) is 5.26 Å². The first-order valence-electron chi connectivity index (χ1n) is 5.49. The van der Waals surface area contributed by atoms with Gasteiger partial charge in [0.2, 0.25) is 5.92 Å². The van der Waals surface area contributed by atoms with Crippen molar-refractivity contribution in [2.24, 2.45) is 0 Å². The summed E-state index contributed by atoms with van der Waals surface area (Å²) in [6.07, 6.45) is 3.02. The summed E-state index contributed by atoms with van der Waals surface area (Å²) >= 11 is 0. The predicted molar refractivity (Wildman–Crippen MR) is 56.8 cm³/mol. The Kier molecular flexibility index (Phi) is 3.23. The van der Waals surface area contributed by atoms with Crippen LogP contribution in [0.1, 0.15) is 31.2 Å². The van der Waals surface area contributed by atoms with Crippen molar-refractivity contribution in [3.8, 4) is 11.8 Å². The summed E-state index contributed by atoms with van der Waals surface area (Å²) < 4.78 is 31.4. The van der Waals surface area contributed by atoms with Crippen LogP contribution in [-0.4, -0.2) is 17.0 Å². The Balaban J connectivity index is 2.01. The molecule has 1 aliphatic carbocycles. The van der Waals surface area contributed by atoms with E-state index in [1.807, 2.05) is 6.07 Å². The Hall–Kier alpha value is -1.70. The molecule has 0 bridgehead atoms. The molecule has 17 heavy (non-hydrogen) atoms. The third-order valence-electron chi connectivity index (χ3n) is 2.86. The van der Waals surface area contributed by atoms with E-state index in [2.05, 4.69) is 4.98 Å². The highest BCUT2D eigenvalue weighted by molar-refractivity contribution is 5.40. The molecule has 5 heteroatoms. The molecule has 0 spiro atoms. The van der Waals surface area contributed by atoms with Gasteiger partial charge in [0.15, 0.2) is 5.75 Å². The molecule has 0 unspecified atom stereocenters. The van der Waals surface area contributed by atoms with Crippen LogP contribution in [0.5, 0.6) is 5.75 Å². The first-order chi connectivity index (χ1) is 8.11. The fourth-order valence-corrected chi connectivity index (χ4v) is 1.88. The summed E-state index contributed by atoms with van der Waals surface area (Å²) in [4.78, 5) is 3.86. The Bertz CT molecular complexity index is 432. The Morgan fingerprint density at radius 2 is 2.12 bits per heavy atom. The van der Waals surface area contributed by atoms with E-state index >= 15 is 0 Å². The lowest BCUT2D eigenvalue weighted by Crippen LogP contribution is -2.30. The number of nitrogens with zero attached hydrogens (tertiary/aromatic N) is 2. The molecule has 0 aliphatic heterocycles. The zero-order valence-electron chi connectivity index (χ0n) is 9.20. The predicted octanol–water partition coefficient (Wildman–Crippen LogP) is 2.91. The average molecular weight is 238 g/mol. The molecule has 1 aliphatic rings. The molecule has 1 aromatic rings. The molecular weight excluding hydrogens is 226 g/mol. The Morgan fingerprint density at radius 1 is 1.41 bits per heavy atom. The molecule has 1 saturated carbocycles. The first-order valence-corrected chi connectivity index (χ1v) is 5.49. The number of halogens is 2. The summed E-state index contributed by atoms with van der Waals surface area (Å²) in [5, 5.41) is 8.85. The van der Waals surface area contributed by atoms with Gasteiger partial charge in [0, 0.05) is 19.0 Å². The van der Waals surface area contributed by atoms with Crippen LogP contribution >= 0.6 is 0 Å². The van der Waals surface area contributed by atoms with Crippen molar-refractivity contribution in [2.45, 2.75) is 37.7 Å². The standard InChI is InChI=1S/C12H12F2N2O/c13-12(14)4-1-10(2-5-12)17-11-8-16-6-3-9(11)7-15/h3,6,8,10H,1-2,4-5H2. The number of ether oxygens (including phenoxy) is 1. The summed E-state index contributed by atoms with van der Waals surface area (Å²) in [6, 6.07) is 3.54. The number of aromatic nitrogens is 1. The molecule has 0 aromatic carbocycles. The minimum atomic E-state index is -2.56. The van der Waals surface area contributed by atoms with Gasteiger partial charge < -0.3 is 4.74 Å². The third-order valence-corrected chi connectivity index (χ3v) is 2.86. The van der Waals surface area contributed by atoms with Crippen molar-refractivity contribution in [2.75, 3.05) is 0 Å². The van der Waals surface area contributed by atoms with Crippen LogP contribution in [0, 0.1) is 11.3 Å². The molecule has 1 fully saturated rings. The maximum absolute atomic E-state index is 12.9. The molecule has 90 valence electrons. The van der Waals surface area contributed by atoms with Crippen molar-refractivity contribution in [1.29, 1.82) is 5.26 Å². The topological polar surface area (TPSA) is 45.9 Å². The highest BCUT2D eigenvalue weighted by Gasteiger charge is 2.35. The van der Waals surface area contributed by atoms with Crippen LogP contribution in [0.4, 0.5) is 8.78 Å². The van der Waals surface area contributed by atoms with Crippen LogP contribution in [-0.2, 0) is 0 Å². The molecule has 2 rings (SSSR count). The maximum atomic E-state index is 12.9. The summed E-state index contributed by atoms with van der Waals surface area (Å²) in [7, 11) is 0. The smallest absolute Gasteiger partial charge is 0.248 e. The molecule has 1 heterocycles. The third kappa shape index (κ3) is 2.90. The van der Waals surface area contributed by atoms with Gasteiger partial charge in [-0.1, -0.05) is 0 Å². The van der Waals surface area contributed by atoms with E-state index in [0.29, 0.717) is 24.2 Å². The van der Waals surface area contributed by atoms with E-state index in [1.54, 1.807) is 6.07 Å². The molecule has 0 radical (unpaired) electrons. The van der Waals surface area contributed by atoms with E-state index in [4.69, 9.17) is 10.00 Å². The Morgan fingerprint density at radius 3 is 2.76 bits per heavy atom. The lowest BCUT2D eigenvalue weighted by atomic mass is 9.94. The summed E-state index contributed by atoms with van der Waals surface area (Å²) in [6.45, 7) is 0. The van der Waals surface area contributed by atoms with Crippen LogP contribution in [0.2, 0.25) is 0 Å². The molecule has 0 amide bonds. The second-order valence-electron chi connectivity index (χ2n) is 4.16. The van der Waals surface area contributed by atoms with Gasteiger partial charge in [-0.15, -0.1) is 0 Å². The van der Waals surface area contributed by atoms with Crippen molar-refractivity contribution in [1.82, 2.24) is 4.98 Å². The SMILES string of the molecule is N#Cc1ccncc1OC1CCC(F)(F)CC1. The highest BCUT2D eigenvalue weighted by Crippen LogP contribution is 2.35. The quantitative estimate of drug-likeness (QED) is 0.795. The number of pyridine rings is 1.